The van der Waals surface area contributed by atoms with Crippen molar-refractivity contribution in [3.8, 4) is 0 Å². The van der Waals surface area contributed by atoms with Gasteiger partial charge in [-0.05, 0) is 25.3 Å². The fraction of sp³-hybridized carbons (Fsp3) is 1.00. The van der Waals surface area contributed by atoms with Gasteiger partial charge in [-0.2, -0.15) is 0 Å². The molecule has 2 aliphatic heterocycles. The van der Waals surface area contributed by atoms with Gasteiger partial charge in [-0.25, -0.2) is 0 Å². The van der Waals surface area contributed by atoms with Gasteiger partial charge in [-0.15, -0.1) is 0 Å². The van der Waals surface area contributed by atoms with E-state index in [1.165, 1.54) is 19.4 Å². The lowest BCUT2D eigenvalue weighted by atomic mass is 10.1. The minimum Gasteiger partial charge on any atom is -0.381 e. The number of hydrogen-bond donors (Lipinski definition) is 1. The Kier molecular flexibility index (Phi) is 5.71. The monoisotopic (exact) mass is 242 g/mol. The zero-order valence-electron chi connectivity index (χ0n) is 11.0. The van der Waals surface area contributed by atoms with Crippen LogP contribution in [-0.4, -0.2) is 63.5 Å². The first-order valence-electron chi connectivity index (χ1n) is 7.00. The molecule has 2 aliphatic rings. The summed E-state index contributed by atoms with van der Waals surface area (Å²) in [5.74, 6) is 0.738. The van der Waals surface area contributed by atoms with Gasteiger partial charge in [0.2, 0.25) is 0 Å². The van der Waals surface area contributed by atoms with Gasteiger partial charge < -0.3 is 14.8 Å². The van der Waals surface area contributed by atoms with E-state index < -0.39 is 0 Å². The largest absolute Gasteiger partial charge is 0.381 e. The normalized spacial score (nSPS) is 30.9. The molecule has 0 radical (unpaired) electrons. The average molecular weight is 242 g/mol. The molecule has 2 fully saturated rings. The SMILES string of the molecule is CCCNCC1COCCN1CC1CCOC1. The molecule has 100 valence electrons. The Labute approximate surface area is 105 Å². The summed E-state index contributed by atoms with van der Waals surface area (Å²) in [5, 5.41) is 3.51. The maximum atomic E-state index is 5.59. The summed E-state index contributed by atoms with van der Waals surface area (Å²) >= 11 is 0. The summed E-state index contributed by atoms with van der Waals surface area (Å²) in [6.07, 6.45) is 2.43. The van der Waals surface area contributed by atoms with E-state index >= 15 is 0 Å². The Morgan fingerprint density at radius 2 is 2.12 bits per heavy atom. The van der Waals surface area contributed by atoms with Crippen molar-refractivity contribution in [1.82, 2.24) is 10.2 Å². The molecule has 0 saturated carbocycles. The van der Waals surface area contributed by atoms with E-state index in [4.69, 9.17) is 9.47 Å². The van der Waals surface area contributed by atoms with Gasteiger partial charge in [0.05, 0.1) is 19.8 Å². The van der Waals surface area contributed by atoms with Crippen molar-refractivity contribution in [2.75, 3.05) is 52.6 Å². The summed E-state index contributed by atoms with van der Waals surface area (Å²) in [7, 11) is 0. The topological polar surface area (TPSA) is 33.7 Å². The quantitative estimate of drug-likeness (QED) is 0.696. The lowest BCUT2D eigenvalue weighted by molar-refractivity contribution is -0.0140. The van der Waals surface area contributed by atoms with E-state index in [0.717, 1.165) is 52.0 Å². The predicted octanol–water partition coefficient (Wildman–Crippen LogP) is 0.723. The highest BCUT2D eigenvalue weighted by Crippen LogP contribution is 2.17. The zero-order chi connectivity index (χ0) is 11.9. The molecule has 2 atom stereocenters. The number of nitrogens with one attached hydrogen (secondary N) is 1. The molecule has 2 unspecified atom stereocenters. The Morgan fingerprint density at radius 3 is 2.88 bits per heavy atom. The predicted molar refractivity (Wildman–Crippen MR) is 68.3 cm³/mol. The lowest BCUT2D eigenvalue weighted by Crippen LogP contribution is -2.51. The molecule has 0 aromatic rings. The maximum absolute atomic E-state index is 5.59. The first-order chi connectivity index (χ1) is 8.40. The lowest BCUT2D eigenvalue weighted by Gasteiger charge is -2.37. The fourth-order valence-corrected chi connectivity index (χ4v) is 2.62. The Hall–Kier alpha value is -0.160. The number of ether oxygens (including phenoxy) is 2. The first kappa shape index (κ1) is 13.3. The Morgan fingerprint density at radius 1 is 1.24 bits per heavy atom. The summed E-state index contributed by atoms with van der Waals surface area (Å²) in [6, 6.07) is 0.552. The third-order valence-electron chi connectivity index (χ3n) is 3.67. The molecule has 2 rings (SSSR count). The maximum Gasteiger partial charge on any atom is 0.0634 e. The van der Waals surface area contributed by atoms with E-state index in [-0.39, 0.29) is 0 Å². The van der Waals surface area contributed by atoms with Gasteiger partial charge in [0.25, 0.3) is 0 Å². The van der Waals surface area contributed by atoms with Crippen LogP contribution in [0.5, 0.6) is 0 Å². The average Bonchev–Trinajstić information content (AvgIpc) is 2.84. The highest BCUT2D eigenvalue weighted by atomic mass is 16.5. The number of hydrogen-bond acceptors (Lipinski definition) is 4. The van der Waals surface area contributed by atoms with Gasteiger partial charge in [-0.1, -0.05) is 6.92 Å². The molecule has 1 N–H and O–H groups in total. The number of nitrogens with zero attached hydrogens (tertiary/aromatic N) is 1. The van der Waals surface area contributed by atoms with Crippen molar-refractivity contribution >= 4 is 0 Å². The van der Waals surface area contributed by atoms with Gasteiger partial charge in [-0.3, -0.25) is 4.90 Å². The summed E-state index contributed by atoms with van der Waals surface area (Å²) < 4.78 is 11.1. The summed E-state index contributed by atoms with van der Waals surface area (Å²) in [5.41, 5.74) is 0. The molecule has 0 amide bonds. The minimum atomic E-state index is 0.552. The van der Waals surface area contributed by atoms with E-state index in [2.05, 4.69) is 17.1 Å². The molecule has 0 aliphatic carbocycles. The van der Waals surface area contributed by atoms with Crippen molar-refractivity contribution in [2.24, 2.45) is 5.92 Å². The van der Waals surface area contributed by atoms with E-state index in [1.54, 1.807) is 0 Å². The third-order valence-corrected chi connectivity index (χ3v) is 3.67. The van der Waals surface area contributed by atoms with Crippen molar-refractivity contribution in [3.63, 3.8) is 0 Å². The molecule has 17 heavy (non-hydrogen) atoms. The van der Waals surface area contributed by atoms with Crippen LogP contribution >= 0.6 is 0 Å². The number of morpholine rings is 1. The zero-order valence-corrected chi connectivity index (χ0v) is 11.0. The Bertz CT molecular complexity index is 208. The van der Waals surface area contributed by atoms with Crippen LogP contribution in [0.25, 0.3) is 0 Å². The second-order valence-corrected chi connectivity index (χ2v) is 5.16. The molecule has 4 nitrogen and oxygen atoms in total. The van der Waals surface area contributed by atoms with Crippen molar-refractivity contribution < 1.29 is 9.47 Å². The van der Waals surface area contributed by atoms with E-state index in [0.29, 0.717) is 6.04 Å². The van der Waals surface area contributed by atoms with Gasteiger partial charge in [0, 0.05) is 32.3 Å². The minimum absolute atomic E-state index is 0.552. The molecule has 2 heterocycles. The van der Waals surface area contributed by atoms with Crippen LogP contribution in [0.15, 0.2) is 0 Å². The van der Waals surface area contributed by atoms with Crippen molar-refractivity contribution in [3.05, 3.63) is 0 Å². The van der Waals surface area contributed by atoms with Crippen molar-refractivity contribution in [2.45, 2.75) is 25.8 Å². The standard InChI is InChI=1S/C13H26N2O2/c1-2-4-14-8-13-11-17-7-5-15(13)9-12-3-6-16-10-12/h12-14H,2-11H2,1H3. The second kappa shape index (κ2) is 7.31. The van der Waals surface area contributed by atoms with Crippen LogP contribution in [0, 0.1) is 5.92 Å². The van der Waals surface area contributed by atoms with Crippen LogP contribution < -0.4 is 5.32 Å². The molecule has 0 bridgehead atoms. The molecule has 0 spiro atoms. The first-order valence-corrected chi connectivity index (χ1v) is 7.00. The highest BCUT2D eigenvalue weighted by molar-refractivity contribution is 4.80. The van der Waals surface area contributed by atoms with Crippen LogP contribution in [0.3, 0.4) is 0 Å². The van der Waals surface area contributed by atoms with E-state index in [9.17, 15) is 0 Å². The highest BCUT2D eigenvalue weighted by Gasteiger charge is 2.26. The molecular weight excluding hydrogens is 216 g/mol. The summed E-state index contributed by atoms with van der Waals surface area (Å²) in [6.45, 7) is 10.3. The summed E-state index contributed by atoms with van der Waals surface area (Å²) in [4.78, 5) is 2.59. The van der Waals surface area contributed by atoms with Crippen LogP contribution in [0.4, 0.5) is 0 Å². The Balaban J connectivity index is 1.74. The second-order valence-electron chi connectivity index (χ2n) is 5.16. The van der Waals surface area contributed by atoms with Gasteiger partial charge in [0.1, 0.15) is 0 Å². The third kappa shape index (κ3) is 4.21. The van der Waals surface area contributed by atoms with Crippen LogP contribution in [0.2, 0.25) is 0 Å². The molecular formula is C13H26N2O2. The van der Waals surface area contributed by atoms with Crippen LogP contribution in [-0.2, 0) is 9.47 Å². The smallest absolute Gasteiger partial charge is 0.0634 e. The fourth-order valence-electron chi connectivity index (χ4n) is 2.62. The van der Waals surface area contributed by atoms with Gasteiger partial charge >= 0.3 is 0 Å². The molecule has 0 aromatic carbocycles. The molecule has 4 heteroatoms. The van der Waals surface area contributed by atoms with Crippen molar-refractivity contribution in [1.29, 1.82) is 0 Å². The number of rotatable bonds is 6. The molecule has 2 saturated heterocycles. The van der Waals surface area contributed by atoms with Crippen LogP contribution in [0.1, 0.15) is 19.8 Å². The van der Waals surface area contributed by atoms with E-state index in [1.807, 2.05) is 0 Å². The molecule has 0 aromatic heterocycles. The van der Waals surface area contributed by atoms with Gasteiger partial charge in [0.15, 0.2) is 0 Å².